The monoisotopic (exact) mass is 572 g/mol. The van der Waals surface area contributed by atoms with Gasteiger partial charge in [-0.15, -0.1) is 12.4 Å². The Morgan fingerprint density at radius 2 is 1.68 bits per heavy atom. The van der Waals surface area contributed by atoms with Crippen LogP contribution in [0.1, 0.15) is 41.6 Å². The molecule has 7 nitrogen and oxygen atoms in total. The third kappa shape index (κ3) is 6.42. The first-order valence-electron chi connectivity index (χ1n) is 14.3. The SMILES string of the molecule is Cc1ccc(NC(=O)c2cccc(N3CCCC3)c2)cc1-n1ccc2ccc(OCCN3CCCC3)cc2c1=O.Cl. The molecule has 8 heteroatoms. The number of rotatable bonds is 8. The number of carbonyl (C=O) groups excluding carboxylic acids is 1. The third-order valence-corrected chi connectivity index (χ3v) is 8.06. The van der Waals surface area contributed by atoms with Crippen LogP contribution in [0.4, 0.5) is 11.4 Å². The number of aryl methyl sites for hydroxylation is 1. The Labute approximate surface area is 247 Å². The van der Waals surface area contributed by atoms with Crippen molar-refractivity contribution in [2.24, 2.45) is 0 Å². The Hall–Kier alpha value is -3.81. The van der Waals surface area contributed by atoms with Gasteiger partial charge in [0.15, 0.2) is 0 Å². The van der Waals surface area contributed by atoms with Crippen molar-refractivity contribution in [3.8, 4) is 11.4 Å². The number of halogens is 1. The number of benzene rings is 3. The standard InChI is InChI=1S/C33H36N4O3.ClH/c1-24-9-11-27(34-32(38)26-7-6-8-28(21-26)36-16-4-5-17-36)22-31(24)37-18-13-25-10-12-29(23-30(25)33(37)39)40-20-19-35-14-2-3-15-35;/h6-13,18,21-23H,2-5,14-17,19-20H2,1H3,(H,34,38);1H. The second kappa shape index (κ2) is 12.8. The lowest BCUT2D eigenvalue weighted by atomic mass is 10.1. The van der Waals surface area contributed by atoms with Crippen LogP contribution >= 0.6 is 12.4 Å². The Bertz CT molecular complexity index is 1590. The smallest absolute Gasteiger partial charge is 0.263 e. The quantitative estimate of drug-likeness (QED) is 0.278. The summed E-state index contributed by atoms with van der Waals surface area (Å²) in [6.07, 6.45) is 6.68. The molecule has 1 aromatic heterocycles. The second-order valence-electron chi connectivity index (χ2n) is 10.8. The Morgan fingerprint density at radius 1 is 0.902 bits per heavy atom. The molecule has 2 fully saturated rings. The van der Waals surface area contributed by atoms with Crippen LogP contribution < -0.4 is 20.5 Å². The molecule has 0 spiro atoms. The zero-order valence-electron chi connectivity index (χ0n) is 23.5. The molecule has 4 aromatic rings. The van der Waals surface area contributed by atoms with E-state index in [-0.39, 0.29) is 23.9 Å². The van der Waals surface area contributed by atoms with Crippen LogP contribution in [0.3, 0.4) is 0 Å². The van der Waals surface area contributed by atoms with Crippen LogP contribution in [0.25, 0.3) is 16.5 Å². The van der Waals surface area contributed by atoms with Crippen molar-refractivity contribution in [1.29, 1.82) is 0 Å². The Morgan fingerprint density at radius 3 is 2.49 bits per heavy atom. The number of carbonyl (C=O) groups is 1. The molecule has 0 atom stereocenters. The molecule has 3 heterocycles. The van der Waals surface area contributed by atoms with Crippen molar-refractivity contribution in [1.82, 2.24) is 9.47 Å². The molecule has 1 N–H and O–H groups in total. The number of nitrogens with zero attached hydrogens (tertiary/aromatic N) is 3. The summed E-state index contributed by atoms with van der Waals surface area (Å²) in [6, 6.07) is 21.1. The van der Waals surface area contributed by atoms with Crippen LogP contribution in [0.2, 0.25) is 0 Å². The maximum Gasteiger partial charge on any atom is 0.263 e. The maximum absolute atomic E-state index is 13.6. The number of aromatic nitrogens is 1. The lowest BCUT2D eigenvalue weighted by molar-refractivity contribution is 0.102. The maximum atomic E-state index is 13.6. The summed E-state index contributed by atoms with van der Waals surface area (Å²) in [5.74, 6) is 0.535. The van der Waals surface area contributed by atoms with E-state index >= 15 is 0 Å². The topological polar surface area (TPSA) is 66.8 Å². The van der Waals surface area contributed by atoms with Gasteiger partial charge in [0.2, 0.25) is 0 Å². The number of hydrogen-bond acceptors (Lipinski definition) is 5. The minimum atomic E-state index is -0.169. The van der Waals surface area contributed by atoms with Gasteiger partial charge in [-0.1, -0.05) is 18.2 Å². The zero-order valence-corrected chi connectivity index (χ0v) is 24.3. The van der Waals surface area contributed by atoms with E-state index in [4.69, 9.17) is 4.74 Å². The van der Waals surface area contributed by atoms with E-state index in [1.807, 2.05) is 67.6 Å². The number of likely N-dealkylation sites (tertiary alicyclic amines) is 1. The fourth-order valence-corrected chi connectivity index (χ4v) is 5.77. The van der Waals surface area contributed by atoms with Crippen molar-refractivity contribution < 1.29 is 9.53 Å². The molecular weight excluding hydrogens is 536 g/mol. The number of amides is 1. The molecule has 0 bridgehead atoms. The van der Waals surface area contributed by atoms with Gasteiger partial charge in [-0.3, -0.25) is 19.1 Å². The van der Waals surface area contributed by atoms with Gasteiger partial charge in [0, 0.05) is 42.8 Å². The number of hydrogen-bond donors (Lipinski definition) is 1. The Balaban J connectivity index is 0.00000337. The number of fused-ring (bicyclic) bond motifs is 1. The van der Waals surface area contributed by atoms with Gasteiger partial charge < -0.3 is 15.0 Å². The average molecular weight is 573 g/mol. The molecule has 2 aliphatic rings. The van der Waals surface area contributed by atoms with Crippen molar-refractivity contribution in [2.75, 3.05) is 49.5 Å². The van der Waals surface area contributed by atoms with Crippen LogP contribution in [-0.2, 0) is 0 Å². The van der Waals surface area contributed by atoms with E-state index in [0.717, 1.165) is 55.0 Å². The molecule has 0 saturated carbocycles. The highest BCUT2D eigenvalue weighted by Gasteiger charge is 2.16. The second-order valence-corrected chi connectivity index (χ2v) is 10.8. The number of nitrogens with one attached hydrogen (secondary N) is 1. The van der Waals surface area contributed by atoms with Crippen molar-refractivity contribution in [3.63, 3.8) is 0 Å². The lowest BCUT2D eigenvalue weighted by Gasteiger charge is -2.18. The summed E-state index contributed by atoms with van der Waals surface area (Å²) in [6.45, 7) is 7.80. The van der Waals surface area contributed by atoms with E-state index in [2.05, 4.69) is 21.2 Å². The van der Waals surface area contributed by atoms with Gasteiger partial charge in [-0.25, -0.2) is 0 Å². The summed E-state index contributed by atoms with van der Waals surface area (Å²) in [5, 5.41) is 4.50. The molecule has 1 amide bonds. The van der Waals surface area contributed by atoms with Gasteiger partial charge in [0.25, 0.3) is 11.5 Å². The highest BCUT2D eigenvalue weighted by Crippen LogP contribution is 2.24. The molecule has 0 aliphatic carbocycles. The van der Waals surface area contributed by atoms with Crippen LogP contribution in [0.5, 0.6) is 5.75 Å². The zero-order chi connectivity index (χ0) is 27.5. The molecule has 214 valence electrons. The molecular formula is C33H37ClN4O3. The fourth-order valence-electron chi connectivity index (χ4n) is 5.77. The van der Waals surface area contributed by atoms with Gasteiger partial charge in [-0.2, -0.15) is 0 Å². The summed E-state index contributed by atoms with van der Waals surface area (Å²) in [5.41, 5.74) is 3.89. The molecule has 41 heavy (non-hydrogen) atoms. The highest BCUT2D eigenvalue weighted by molar-refractivity contribution is 6.05. The van der Waals surface area contributed by atoms with E-state index in [9.17, 15) is 9.59 Å². The van der Waals surface area contributed by atoms with Crippen molar-refractivity contribution in [3.05, 3.63) is 94.4 Å². The minimum absolute atomic E-state index is 0. The minimum Gasteiger partial charge on any atom is -0.492 e. The first kappa shape index (κ1) is 28.7. The number of pyridine rings is 1. The number of anilines is 2. The molecule has 3 aromatic carbocycles. The van der Waals surface area contributed by atoms with Gasteiger partial charge >= 0.3 is 0 Å². The third-order valence-electron chi connectivity index (χ3n) is 8.06. The average Bonchev–Trinajstić information content (AvgIpc) is 3.70. The van der Waals surface area contributed by atoms with Crippen LogP contribution in [0, 0.1) is 6.92 Å². The van der Waals surface area contributed by atoms with Gasteiger partial charge in [-0.05, 0) is 105 Å². The molecule has 6 rings (SSSR count). The number of ether oxygens (including phenoxy) is 1. The summed E-state index contributed by atoms with van der Waals surface area (Å²) < 4.78 is 7.65. The predicted molar refractivity (Wildman–Crippen MR) is 169 cm³/mol. The van der Waals surface area contributed by atoms with Crippen LogP contribution in [-0.4, -0.2) is 54.7 Å². The predicted octanol–water partition coefficient (Wildman–Crippen LogP) is 6.05. The van der Waals surface area contributed by atoms with E-state index < -0.39 is 0 Å². The fraction of sp³-hybridized carbons (Fsp3) is 0.333. The highest BCUT2D eigenvalue weighted by atomic mass is 35.5. The molecule has 2 aliphatic heterocycles. The molecule has 2 saturated heterocycles. The van der Waals surface area contributed by atoms with E-state index in [1.54, 1.807) is 10.8 Å². The Kier molecular flexibility index (Phi) is 8.96. The normalized spacial score (nSPS) is 15.2. The largest absolute Gasteiger partial charge is 0.492 e. The molecule has 0 unspecified atom stereocenters. The van der Waals surface area contributed by atoms with Crippen LogP contribution in [0.15, 0.2) is 77.7 Å². The summed E-state index contributed by atoms with van der Waals surface area (Å²) in [7, 11) is 0. The van der Waals surface area contributed by atoms with Crippen molar-refractivity contribution in [2.45, 2.75) is 32.6 Å². The van der Waals surface area contributed by atoms with Crippen molar-refractivity contribution >= 4 is 40.5 Å². The van der Waals surface area contributed by atoms with Gasteiger partial charge in [0.05, 0.1) is 11.1 Å². The summed E-state index contributed by atoms with van der Waals surface area (Å²) >= 11 is 0. The molecule has 0 radical (unpaired) electrons. The summed E-state index contributed by atoms with van der Waals surface area (Å²) in [4.78, 5) is 31.5. The lowest BCUT2D eigenvalue weighted by Crippen LogP contribution is -2.25. The van der Waals surface area contributed by atoms with Gasteiger partial charge in [0.1, 0.15) is 12.4 Å². The first-order chi connectivity index (χ1) is 19.5. The first-order valence-corrected chi connectivity index (χ1v) is 14.3. The van der Waals surface area contributed by atoms with E-state index in [1.165, 1.54) is 25.7 Å². The van der Waals surface area contributed by atoms with E-state index in [0.29, 0.717) is 29.0 Å².